The van der Waals surface area contributed by atoms with Crippen molar-refractivity contribution in [3.63, 3.8) is 0 Å². The number of aromatic nitrogens is 2. The number of carbonyl (C=O) groups is 1. The van der Waals surface area contributed by atoms with E-state index in [2.05, 4.69) is 10.3 Å². The molecule has 0 radical (unpaired) electrons. The van der Waals surface area contributed by atoms with E-state index in [1.807, 2.05) is 0 Å². The molecule has 27 heavy (non-hydrogen) atoms. The minimum atomic E-state index is -3.22. The van der Waals surface area contributed by atoms with Crippen molar-refractivity contribution in [3.8, 4) is 0 Å². The zero-order valence-corrected chi connectivity index (χ0v) is 16.4. The molecule has 0 aliphatic heterocycles. The number of carboxylic acid groups (broad SMARTS) is 1. The Bertz CT molecular complexity index is 1120. The SMILES string of the molecule is CS(=O)(=O)CCn1c(Nc2c(Cl)cccc2Cl)nc2cc(C(=O)O)ccc21. The Morgan fingerprint density at radius 2 is 1.89 bits per heavy atom. The fraction of sp³-hybridized carbons (Fsp3) is 0.176. The number of imidazole rings is 1. The predicted molar refractivity (Wildman–Crippen MR) is 106 cm³/mol. The van der Waals surface area contributed by atoms with Crippen LogP contribution in [0.5, 0.6) is 0 Å². The van der Waals surface area contributed by atoms with Gasteiger partial charge in [0.25, 0.3) is 0 Å². The van der Waals surface area contributed by atoms with Gasteiger partial charge < -0.3 is 15.0 Å². The number of hydrogen-bond donors (Lipinski definition) is 2. The van der Waals surface area contributed by atoms with Crippen LogP contribution in [-0.2, 0) is 16.4 Å². The molecule has 0 unspecified atom stereocenters. The van der Waals surface area contributed by atoms with Crippen LogP contribution in [-0.4, -0.2) is 41.1 Å². The van der Waals surface area contributed by atoms with Gasteiger partial charge in [-0.15, -0.1) is 0 Å². The third-order valence-electron chi connectivity index (χ3n) is 3.88. The summed E-state index contributed by atoms with van der Waals surface area (Å²) < 4.78 is 24.9. The van der Waals surface area contributed by atoms with Crippen molar-refractivity contribution in [2.24, 2.45) is 0 Å². The van der Waals surface area contributed by atoms with Gasteiger partial charge in [0, 0.05) is 12.8 Å². The number of anilines is 2. The summed E-state index contributed by atoms with van der Waals surface area (Å²) >= 11 is 12.4. The van der Waals surface area contributed by atoms with Crippen LogP contribution in [0.4, 0.5) is 11.6 Å². The van der Waals surface area contributed by atoms with Gasteiger partial charge in [0.1, 0.15) is 9.84 Å². The highest BCUT2D eigenvalue weighted by Gasteiger charge is 2.17. The third kappa shape index (κ3) is 4.35. The minimum absolute atomic E-state index is 0.0811. The van der Waals surface area contributed by atoms with Crippen molar-refractivity contribution in [2.45, 2.75) is 6.54 Å². The zero-order valence-electron chi connectivity index (χ0n) is 14.1. The number of benzene rings is 2. The van der Waals surface area contributed by atoms with Crippen LogP contribution in [0.3, 0.4) is 0 Å². The van der Waals surface area contributed by atoms with Gasteiger partial charge in [0.05, 0.1) is 38.1 Å². The predicted octanol–water partition coefficient (Wildman–Crippen LogP) is 3.83. The number of aryl methyl sites for hydroxylation is 1. The maximum absolute atomic E-state index is 11.6. The van der Waals surface area contributed by atoms with Gasteiger partial charge in [-0.05, 0) is 30.3 Å². The van der Waals surface area contributed by atoms with Crippen LogP contribution in [0.2, 0.25) is 10.0 Å². The fourth-order valence-corrected chi connectivity index (χ4v) is 3.58. The molecule has 0 aliphatic rings. The Morgan fingerprint density at radius 3 is 2.48 bits per heavy atom. The Labute approximate surface area is 165 Å². The molecule has 0 aliphatic carbocycles. The molecule has 0 saturated carbocycles. The van der Waals surface area contributed by atoms with Gasteiger partial charge in [-0.2, -0.15) is 0 Å². The molecule has 0 spiro atoms. The summed E-state index contributed by atoms with van der Waals surface area (Å²) in [6.45, 7) is 0.131. The number of hydrogen-bond acceptors (Lipinski definition) is 5. The number of nitrogens with one attached hydrogen (secondary N) is 1. The first-order chi connectivity index (χ1) is 12.7. The molecule has 1 aromatic heterocycles. The quantitative estimate of drug-likeness (QED) is 0.619. The molecular formula is C17H15Cl2N3O4S. The molecule has 2 aromatic carbocycles. The summed E-state index contributed by atoms with van der Waals surface area (Å²) in [4.78, 5) is 15.6. The van der Waals surface area contributed by atoms with E-state index < -0.39 is 15.8 Å². The first-order valence-corrected chi connectivity index (χ1v) is 10.6. The molecule has 0 atom stereocenters. The second-order valence-corrected chi connectivity index (χ2v) is 9.02. The molecule has 0 saturated heterocycles. The van der Waals surface area contributed by atoms with E-state index in [0.717, 1.165) is 6.26 Å². The highest BCUT2D eigenvalue weighted by Crippen LogP contribution is 2.33. The lowest BCUT2D eigenvalue weighted by Gasteiger charge is -2.12. The molecule has 1 heterocycles. The van der Waals surface area contributed by atoms with E-state index in [-0.39, 0.29) is 17.9 Å². The van der Waals surface area contributed by atoms with Crippen LogP contribution in [0.25, 0.3) is 11.0 Å². The Morgan fingerprint density at radius 1 is 1.22 bits per heavy atom. The monoisotopic (exact) mass is 427 g/mol. The number of nitrogens with zero attached hydrogens (tertiary/aromatic N) is 2. The first kappa shape index (κ1) is 19.5. The number of para-hydroxylation sites is 1. The summed E-state index contributed by atoms with van der Waals surface area (Å²) in [6, 6.07) is 9.46. The van der Waals surface area contributed by atoms with E-state index in [0.29, 0.717) is 32.7 Å². The molecule has 2 N–H and O–H groups in total. The molecular weight excluding hydrogens is 413 g/mol. The maximum atomic E-state index is 11.6. The molecule has 3 rings (SSSR count). The maximum Gasteiger partial charge on any atom is 0.335 e. The van der Waals surface area contributed by atoms with Gasteiger partial charge in [0.2, 0.25) is 5.95 Å². The van der Waals surface area contributed by atoms with Gasteiger partial charge in [0.15, 0.2) is 0 Å². The Balaban J connectivity index is 2.12. The molecule has 3 aromatic rings. The van der Waals surface area contributed by atoms with Crippen LogP contribution < -0.4 is 5.32 Å². The van der Waals surface area contributed by atoms with Crippen molar-refractivity contribution in [2.75, 3.05) is 17.3 Å². The standard InChI is InChI=1S/C17H15Cl2N3O4S/c1-27(25,26)8-7-22-14-6-5-10(16(23)24)9-13(14)20-17(22)21-15-11(18)3-2-4-12(15)19/h2-6,9H,7-8H2,1H3,(H,20,21)(H,23,24). The van der Waals surface area contributed by atoms with E-state index in [9.17, 15) is 18.3 Å². The van der Waals surface area contributed by atoms with Crippen molar-refractivity contribution < 1.29 is 18.3 Å². The summed E-state index contributed by atoms with van der Waals surface area (Å²) in [7, 11) is -3.22. The highest BCUT2D eigenvalue weighted by atomic mass is 35.5. The lowest BCUT2D eigenvalue weighted by molar-refractivity contribution is 0.0697. The topological polar surface area (TPSA) is 101 Å². The van der Waals surface area contributed by atoms with Gasteiger partial charge >= 0.3 is 5.97 Å². The lowest BCUT2D eigenvalue weighted by atomic mass is 10.2. The van der Waals surface area contributed by atoms with Crippen molar-refractivity contribution in [1.82, 2.24) is 9.55 Å². The number of carboxylic acids is 1. The van der Waals surface area contributed by atoms with Crippen LogP contribution >= 0.6 is 23.2 Å². The molecule has 10 heteroatoms. The number of fused-ring (bicyclic) bond motifs is 1. The Kier molecular flexibility index (Phi) is 5.32. The highest BCUT2D eigenvalue weighted by molar-refractivity contribution is 7.90. The van der Waals surface area contributed by atoms with Crippen LogP contribution in [0.1, 0.15) is 10.4 Å². The van der Waals surface area contributed by atoms with E-state index >= 15 is 0 Å². The molecule has 142 valence electrons. The van der Waals surface area contributed by atoms with E-state index in [1.54, 1.807) is 28.8 Å². The average molecular weight is 428 g/mol. The lowest BCUT2D eigenvalue weighted by Crippen LogP contribution is -2.13. The number of aromatic carboxylic acids is 1. The summed E-state index contributed by atoms with van der Waals surface area (Å²) in [5.74, 6) is -0.873. The van der Waals surface area contributed by atoms with Crippen molar-refractivity contribution in [1.29, 1.82) is 0 Å². The number of halogens is 2. The molecule has 0 bridgehead atoms. The van der Waals surface area contributed by atoms with Crippen LogP contribution in [0, 0.1) is 0 Å². The van der Waals surface area contributed by atoms with Crippen molar-refractivity contribution >= 4 is 61.7 Å². The van der Waals surface area contributed by atoms with Crippen molar-refractivity contribution in [3.05, 3.63) is 52.0 Å². The van der Waals surface area contributed by atoms with E-state index in [4.69, 9.17) is 23.2 Å². The Hall–Kier alpha value is -2.29. The minimum Gasteiger partial charge on any atom is -0.478 e. The second kappa shape index (κ2) is 7.38. The number of sulfone groups is 1. The molecule has 0 amide bonds. The summed E-state index contributed by atoms with van der Waals surface area (Å²) in [5, 5.41) is 12.9. The van der Waals surface area contributed by atoms with E-state index in [1.165, 1.54) is 12.1 Å². The largest absolute Gasteiger partial charge is 0.478 e. The summed E-state index contributed by atoms with van der Waals surface area (Å²) in [6.07, 6.45) is 1.15. The first-order valence-electron chi connectivity index (χ1n) is 7.78. The zero-order chi connectivity index (χ0) is 19.8. The third-order valence-corrected chi connectivity index (χ3v) is 5.43. The summed E-state index contributed by atoms with van der Waals surface area (Å²) in [5.41, 5.74) is 1.51. The fourth-order valence-electron chi connectivity index (χ4n) is 2.57. The van der Waals surface area contributed by atoms with Gasteiger partial charge in [-0.25, -0.2) is 18.2 Å². The molecule has 7 nitrogen and oxygen atoms in total. The average Bonchev–Trinajstić information content (AvgIpc) is 2.92. The van der Waals surface area contributed by atoms with Crippen LogP contribution in [0.15, 0.2) is 36.4 Å². The second-order valence-electron chi connectivity index (χ2n) is 5.95. The number of rotatable bonds is 6. The van der Waals surface area contributed by atoms with Gasteiger partial charge in [-0.1, -0.05) is 29.3 Å². The molecule has 0 fully saturated rings. The van der Waals surface area contributed by atoms with Gasteiger partial charge in [-0.3, -0.25) is 0 Å². The normalized spacial score (nSPS) is 11.7. The smallest absolute Gasteiger partial charge is 0.335 e.